The van der Waals surface area contributed by atoms with Crippen LogP contribution in [0.3, 0.4) is 0 Å². The smallest absolute Gasteiger partial charge is 0.131 e. The summed E-state index contributed by atoms with van der Waals surface area (Å²) in [4.78, 5) is 11.5. The van der Waals surface area contributed by atoms with Gasteiger partial charge >= 0.3 is 0 Å². The van der Waals surface area contributed by atoms with Gasteiger partial charge in [-0.1, -0.05) is 6.07 Å². The average molecular weight is 290 g/mol. The summed E-state index contributed by atoms with van der Waals surface area (Å²) in [6.45, 7) is 3.82. The number of fused-ring (bicyclic) bond motifs is 1. The van der Waals surface area contributed by atoms with Gasteiger partial charge in [-0.2, -0.15) is 5.26 Å². The molecule has 0 aromatic carbocycles. The largest absolute Gasteiger partial charge is 0.352 e. The number of aromatic nitrogens is 2. The minimum atomic E-state index is 0.622. The molecule has 0 spiro atoms. The van der Waals surface area contributed by atoms with Crippen LogP contribution in [-0.4, -0.2) is 16.5 Å². The normalized spacial score (nSPS) is 17.0. The van der Waals surface area contributed by atoms with Crippen LogP contribution >= 0.6 is 0 Å². The van der Waals surface area contributed by atoms with Crippen LogP contribution in [0.5, 0.6) is 0 Å². The molecule has 4 rings (SSSR count). The van der Waals surface area contributed by atoms with Crippen molar-refractivity contribution >= 4 is 5.82 Å². The van der Waals surface area contributed by atoms with E-state index in [9.17, 15) is 0 Å². The first-order chi connectivity index (χ1) is 10.7. The van der Waals surface area contributed by atoms with Crippen LogP contribution in [0, 0.1) is 18.3 Å². The SMILES string of the molecule is Cc1cc(C#N)cnc1N1CCc2ncc(C3CC3)cc2C1. The van der Waals surface area contributed by atoms with E-state index in [0.29, 0.717) is 5.56 Å². The number of hydrogen-bond donors (Lipinski definition) is 0. The fraction of sp³-hybridized carbons (Fsp3) is 0.389. The van der Waals surface area contributed by atoms with Gasteiger partial charge in [0.15, 0.2) is 0 Å². The quantitative estimate of drug-likeness (QED) is 0.853. The van der Waals surface area contributed by atoms with Crippen LogP contribution in [0.2, 0.25) is 0 Å². The van der Waals surface area contributed by atoms with Gasteiger partial charge in [0.25, 0.3) is 0 Å². The van der Waals surface area contributed by atoms with E-state index in [1.807, 2.05) is 13.0 Å². The summed E-state index contributed by atoms with van der Waals surface area (Å²) in [6, 6.07) is 6.40. The Kier molecular flexibility index (Phi) is 3.07. The molecule has 4 heteroatoms. The summed E-state index contributed by atoms with van der Waals surface area (Å²) in [7, 11) is 0. The van der Waals surface area contributed by atoms with Crippen LogP contribution in [0.1, 0.15) is 46.7 Å². The van der Waals surface area contributed by atoms with Crippen molar-refractivity contribution in [3.05, 3.63) is 52.5 Å². The van der Waals surface area contributed by atoms with E-state index in [-0.39, 0.29) is 0 Å². The third-order valence-corrected chi connectivity index (χ3v) is 4.59. The van der Waals surface area contributed by atoms with Crippen molar-refractivity contribution in [2.24, 2.45) is 0 Å². The molecule has 3 heterocycles. The van der Waals surface area contributed by atoms with Crippen LogP contribution in [-0.2, 0) is 13.0 Å². The molecule has 2 aromatic heterocycles. The van der Waals surface area contributed by atoms with Gasteiger partial charge in [-0.3, -0.25) is 4.98 Å². The third-order valence-electron chi connectivity index (χ3n) is 4.59. The topological polar surface area (TPSA) is 52.8 Å². The van der Waals surface area contributed by atoms with E-state index in [2.05, 4.69) is 33.2 Å². The van der Waals surface area contributed by atoms with Gasteiger partial charge in [0.1, 0.15) is 11.9 Å². The first-order valence-corrected chi connectivity index (χ1v) is 7.84. The van der Waals surface area contributed by atoms with Crippen molar-refractivity contribution in [1.29, 1.82) is 5.26 Å². The van der Waals surface area contributed by atoms with Crippen molar-refractivity contribution in [3.8, 4) is 6.07 Å². The van der Waals surface area contributed by atoms with Crippen molar-refractivity contribution in [3.63, 3.8) is 0 Å². The van der Waals surface area contributed by atoms with Crippen molar-refractivity contribution in [1.82, 2.24) is 9.97 Å². The molecule has 0 radical (unpaired) electrons. The summed E-state index contributed by atoms with van der Waals surface area (Å²) < 4.78 is 0. The molecule has 0 unspecified atom stereocenters. The van der Waals surface area contributed by atoms with E-state index < -0.39 is 0 Å². The number of nitriles is 1. The molecule has 4 nitrogen and oxygen atoms in total. The standard InChI is InChI=1S/C18H18N4/c1-12-6-13(8-19)9-21-18(12)22-5-4-17-16(11-22)7-15(10-20-17)14-2-3-14/h6-7,9-10,14H,2-5,11H2,1H3. The molecule has 1 fully saturated rings. The molecule has 1 saturated carbocycles. The lowest BCUT2D eigenvalue weighted by Crippen LogP contribution is -2.32. The summed E-state index contributed by atoms with van der Waals surface area (Å²) in [6.07, 6.45) is 7.30. The van der Waals surface area contributed by atoms with Gasteiger partial charge in [-0.25, -0.2) is 4.98 Å². The van der Waals surface area contributed by atoms with E-state index in [0.717, 1.165) is 36.8 Å². The highest BCUT2D eigenvalue weighted by molar-refractivity contribution is 5.51. The molecule has 22 heavy (non-hydrogen) atoms. The molecule has 0 N–H and O–H groups in total. The summed E-state index contributed by atoms with van der Waals surface area (Å²) in [5.74, 6) is 1.73. The molecule has 1 aliphatic heterocycles. The lowest BCUT2D eigenvalue weighted by molar-refractivity contribution is 0.698. The van der Waals surface area contributed by atoms with Gasteiger partial charge in [-0.15, -0.1) is 0 Å². The zero-order valence-corrected chi connectivity index (χ0v) is 12.7. The maximum Gasteiger partial charge on any atom is 0.131 e. The monoisotopic (exact) mass is 290 g/mol. The lowest BCUT2D eigenvalue weighted by Gasteiger charge is -2.30. The minimum absolute atomic E-state index is 0.622. The van der Waals surface area contributed by atoms with Gasteiger partial charge in [0, 0.05) is 37.6 Å². The highest BCUT2D eigenvalue weighted by atomic mass is 15.2. The summed E-state index contributed by atoms with van der Waals surface area (Å²) in [5.41, 5.74) is 5.64. The molecule has 0 bridgehead atoms. The highest BCUT2D eigenvalue weighted by Gasteiger charge is 2.26. The zero-order chi connectivity index (χ0) is 15.1. The fourth-order valence-electron chi connectivity index (χ4n) is 3.23. The predicted molar refractivity (Wildman–Crippen MR) is 84.7 cm³/mol. The maximum atomic E-state index is 8.97. The van der Waals surface area contributed by atoms with Gasteiger partial charge in [0.2, 0.25) is 0 Å². The number of rotatable bonds is 2. The second-order valence-corrected chi connectivity index (χ2v) is 6.30. The maximum absolute atomic E-state index is 8.97. The number of hydrogen-bond acceptors (Lipinski definition) is 4. The van der Waals surface area contributed by atoms with Crippen molar-refractivity contribution in [2.75, 3.05) is 11.4 Å². The average Bonchev–Trinajstić information content (AvgIpc) is 3.38. The number of pyridine rings is 2. The van der Waals surface area contributed by atoms with Crippen molar-refractivity contribution < 1.29 is 0 Å². The van der Waals surface area contributed by atoms with E-state index >= 15 is 0 Å². The van der Waals surface area contributed by atoms with Crippen molar-refractivity contribution in [2.45, 2.75) is 38.6 Å². The molecular formula is C18H18N4. The molecule has 2 aliphatic rings. The Balaban J connectivity index is 1.63. The Morgan fingerprint density at radius 1 is 1.23 bits per heavy atom. The molecule has 110 valence electrons. The Labute approximate surface area is 130 Å². The van der Waals surface area contributed by atoms with E-state index in [1.54, 1.807) is 6.20 Å². The second kappa shape index (κ2) is 5.10. The highest BCUT2D eigenvalue weighted by Crippen LogP contribution is 2.40. The van der Waals surface area contributed by atoms with Gasteiger partial charge < -0.3 is 4.90 Å². The number of anilines is 1. The summed E-state index contributed by atoms with van der Waals surface area (Å²) in [5, 5.41) is 8.97. The Morgan fingerprint density at radius 2 is 2.09 bits per heavy atom. The van der Waals surface area contributed by atoms with Crippen LogP contribution in [0.25, 0.3) is 0 Å². The Hall–Kier alpha value is -2.41. The van der Waals surface area contributed by atoms with E-state index in [4.69, 9.17) is 5.26 Å². The van der Waals surface area contributed by atoms with Gasteiger partial charge in [-0.05, 0) is 48.4 Å². The molecule has 0 amide bonds. The molecule has 1 aliphatic carbocycles. The first kappa shape index (κ1) is 13.3. The van der Waals surface area contributed by atoms with Crippen LogP contribution in [0.15, 0.2) is 24.5 Å². The van der Waals surface area contributed by atoms with Gasteiger partial charge in [0.05, 0.1) is 5.56 Å². The fourth-order valence-corrected chi connectivity index (χ4v) is 3.23. The molecule has 0 atom stereocenters. The van der Waals surface area contributed by atoms with Crippen LogP contribution < -0.4 is 4.90 Å². The zero-order valence-electron chi connectivity index (χ0n) is 12.7. The number of aryl methyl sites for hydroxylation is 1. The minimum Gasteiger partial charge on any atom is -0.352 e. The van der Waals surface area contributed by atoms with Crippen LogP contribution in [0.4, 0.5) is 5.82 Å². The molecule has 0 saturated heterocycles. The number of nitrogens with zero attached hydrogens (tertiary/aromatic N) is 4. The lowest BCUT2D eigenvalue weighted by atomic mass is 10.0. The second-order valence-electron chi connectivity index (χ2n) is 6.30. The molecule has 2 aromatic rings. The first-order valence-electron chi connectivity index (χ1n) is 7.84. The predicted octanol–water partition coefficient (Wildman–Crippen LogP) is 3.10. The summed E-state index contributed by atoms with van der Waals surface area (Å²) >= 11 is 0. The molecular weight excluding hydrogens is 272 g/mol. The Bertz CT molecular complexity index is 771. The Morgan fingerprint density at radius 3 is 2.82 bits per heavy atom. The van der Waals surface area contributed by atoms with E-state index in [1.165, 1.54) is 29.7 Å². The third kappa shape index (κ3) is 2.33.